The molecular formula is C13H23F3N2O. The normalized spacial score (nSPS) is 25.2. The number of alkyl halides is 3. The van der Waals surface area contributed by atoms with Gasteiger partial charge in [-0.3, -0.25) is 4.79 Å². The molecule has 0 atom stereocenters. The molecule has 6 heteroatoms. The molecule has 1 aliphatic carbocycles. The van der Waals surface area contributed by atoms with E-state index in [1.807, 2.05) is 13.8 Å². The van der Waals surface area contributed by atoms with Gasteiger partial charge in [-0.25, -0.2) is 0 Å². The monoisotopic (exact) mass is 280 g/mol. The minimum absolute atomic E-state index is 0.0524. The Labute approximate surface area is 112 Å². The molecule has 112 valence electrons. The standard InChI is InChI=1S/C13H23F3N2O/c1-12(2,8-17)18(3)11(19)9-4-6-10(7-5-9)13(14,15)16/h9-10H,4-8,17H2,1-3H3. The number of rotatable bonds is 3. The molecule has 19 heavy (non-hydrogen) atoms. The fourth-order valence-corrected chi connectivity index (χ4v) is 2.38. The van der Waals surface area contributed by atoms with Crippen LogP contribution in [0.4, 0.5) is 13.2 Å². The Morgan fingerprint density at radius 3 is 2.05 bits per heavy atom. The average Bonchev–Trinajstić information content (AvgIpc) is 2.36. The zero-order chi connectivity index (χ0) is 14.8. The van der Waals surface area contributed by atoms with Crippen molar-refractivity contribution in [2.24, 2.45) is 17.6 Å². The molecule has 0 aromatic heterocycles. The van der Waals surface area contributed by atoms with Gasteiger partial charge in [-0.1, -0.05) is 0 Å². The van der Waals surface area contributed by atoms with Crippen molar-refractivity contribution in [3.63, 3.8) is 0 Å². The number of halogens is 3. The average molecular weight is 280 g/mol. The van der Waals surface area contributed by atoms with Crippen molar-refractivity contribution in [3.05, 3.63) is 0 Å². The maximum absolute atomic E-state index is 12.6. The second-order valence-corrected chi connectivity index (χ2v) is 6.00. The summed E-state index contributed by atoms with van der Waals surface area (Å²) in [6.45, 7) is 4.03. The van der Waals surface area contributed by atoms with E-state index in [-0.39, 0.29) is 24.7 Å². The van der Waals surface area contributed by atoms with Crippen molar-refractivity contribution in [2.75, 3.05) is 13.6 Å². The van der Waals surface area contributed by atoms with Gasteiger partial charge in [0.15, 0.2) is 0 Å². The summed E-state index contributed by atoms with van der Waals surface area (Å²) in [6, 6.07) is 0. The third-order valence-corrected chi connectivity index (χ3v) is 4.28. The first-order valence-corrected chi connectivity index (χ1v) is 6.64. The van der Waals surface area contributed by atoms with Crippen LogP contribution in [0.15, 0.2) is 0 Å². The van der Waals surface area contributed by atoms with Gasteiger partial charge >= 0.3 is 6.18 Å². The third kappa shape index (κ3) is 3.84. The molecular weight excluding hydrogens is 257 g/mol. The lowest BCUT2D eigenvalue weighted by Gasteiger charge is -2.38. The lowest BCUT2D eigenvalue weighted by Crippen LogP contribution is -2.52. The maximum atomic E-state index is 12.6. The molecule has 0 heterocycles. The lowest BCUT2D eigenvalue weighted by molar-refractivity contribution is -0.185. The summed E-state index contributed by atoms with van der Waals surface area (Å²) in [4.78, 5) is 13.8. The van der Waals surface area contributed by atoms with Crippen molar-refractivity contribution in [1.29, 1.82) is 0 Å². The van der Waals surface area contributed by atoms with E-state index in [2.05, 4.69) is 0 Å². The van der Waals surface area contributed by atoms with Crippen molar-refractivity contribution < 1.29 is 18.0 Å². The van der Waals surface area contributed by atoms with Crippen LogP contribution in [-0.2, 0) is 4.79 Å². The molecule has 0 unspecified atom stereocenters. The summed E-state index contributed by atoms with van der Waals surface area (Å²) in [5.74, 6) is -1.63. The minimum Gasteiger partial charge on any atom is -0.339 e. The Morgan fingerprint density at radius 2 is 1.68 bits per heavy atom. The molecule has 2 N–H and O–H groups in total. The molecule has 1 fully saturated rings. The Kier molecular flexibility index (Phi) is 4.87. The fraction of sp³-hybridized carbons (Fsp3) is 0.923. The van der Waals surface area contributed by atoms with Gasteiger partial charge in [-0.15, -0.1) is 0 Å². The van der Waals surface area contributed by atoms with E-state index in [9.17, 15) is 18.0 Å². The minimum atomic E-state index is -4.13. The lowest BCUT2D eigenvalue weighted by atomic mass is 9.80. The van der Waals surface area contributed by atoms with Crippen molar-refractivity contribution in [1.82, 2.24) is 4.90 Å². The van der Waals surface area contributed by atoms with Crippen LogP contribution >= 0.6 is 0 Å². The van der Waals surface area contributed by atoms with Crippen LogP contribution in [0.5, 0.6) is 0 Å². The van der Waals surface area contributed by atoms with Crippen LogP contribution in [-0.4, -0.2) is 36.1 Å². The summed E-state index contributed by atoms with van der Waals surface area (Å²) in [5, 5.41) is 0. The van der Waals surface area contributed by atoms with E-state index in [0.29, 0.717) is 19.4 Å². The predicted molar refractivity (Wildman–Crippen MR) is 67.4 cm³/mol. The van der Waals surface area contributed by atoms with E-state index in [1.165, 1.54) is 0 Å². The van der Waals surface area contributed by atoms with E-state index < -0.39 is 17.6 Å². The molecule has 0 saturated heterocycles. The van der Waals surface area contributed by atoms with E-state index >= 15 is 0 Å². The van der Waals surface area contributed by atoms with Crippen LogP contribution in [0.2, 0.25) is 0 Å². The van der Waals surface area contributed by atoms with E-state index in [1.54, 1.807) is 11.9 Å². The quantitative estimate of drug-likeness (QED) is 0.863. The van der Waals surface area contributed by atoms with Crippen LogP contribution in [0.1, 0.15) is 39.5 Å². The number of carbonyl (C=O) groups excluding carboxylic acids is 1. The Hall–Kier alpha value is -0.780. The van der Waals surface area contributed by atoms with Gasteiger partial charge in [0, 0.05) is 25.0 Å². The topological polar surface area (TPSA) is 46.3 Å². The van der Waals surface area contributed by atoms with Gasteiger partial charge in [-0.2, -0.15) is 13.2 Å². The van der Waals surface area contributed by atoms with E-state index in [0.717, 1.165) is 0 Å². The second kappa shape index (κ2) is 5.69. The van der Waals surface area contributed by atoms with Crippen molar-refractivity contribution >= 4 is 5.91 Å². The highest BCUT2D eigenvalue weighted by atomic mass is 19.4. The predicted octanol–water partition coefficient (Wildman–Crippen LogP) is 2.55. The van der Waals surface area contributed by atoms with E-state index in [4.69, 9.17) is 5.73 Å². The van der Waals surface area contributed by atoms with Gasteiger partial charge in [0.25, 0.3) is 0 Å². The molecule has 3 nitrogen and oxygen atoms in total. The zero-order valence-corrected chi connectivity index (χ0v) is 11.8. The molecule has 0 spiro atoms. The number of likely N-dealkylation sites (N-methyl/N-ethyl adjacent to an activating group) is 1. The molecule has 1 saturated carbocycles. The molecule has 0 aromatic rings. The van der Waals surface area contributed by atoms with Crippen LogP contribution in [0.3, 0.4) is 0 Å². The number of hydrogen-bond donors (Lipinski definition) is 1. The highest BCUT2D eigenvalue weighted by Gasteiger charge is 2.43. The Balaban J connectivity index is 2.59. The van der Waals surface area contributed by atoms with Crippen LogP contribution in [0, 0.1) is 11.8 Å². The highest BCUT2D eigenvalue weighted by molar-refractivity contribution is 5.79. The number of carbonyl (C=O) groups is 1. The van der Waals surface area contributed by atoms with Gasteiger partial charge in [0.05, 0.1) is 5.92 Å². The first kappa shape index (κ1) is 16.3. The highest BCUT2D eigenvalue weighted by Crippen LogP contribution is 2.40. The van der Waals surface area contributed by atoms with Crippen molar-refractivity contribution in [3.8, 4) is 0 Å². The van der Waals surface area contributed by atoms with Gasteiger partial charge < -0.3 is 10.6 Å². The number of nitrogens with zero attached hydrogens (tertiary/aromatic N) is 1. The number of amides is 1. The Morgan fingerprint density at radius 1 is 1.21 bits per heavy atom. The zero-order valence-electron chi connectivity index (χ0n) is 11.8. The fourth-order valence-electron chi connectivity index (χ4n) is 2.38. The first-order chi connectivity index (χ1) is 8.59. The van der Waals surface area contributed by atoms with Gasteiger partial charge in [0.1, 0.15) is 0 Å². The largest absolute Gasteiger partial charge is 0.391 e. The molecule has 0 bridgehead atoms. The van der Waals surface area contributed by atoms with Crippen molar-refractivity contribution in [2.45, 2.75) is 51.2 Å². The van der Waals surface area contributed by atoms with Gasteiger partial charge in [-0.05, 0) is 39.5 Å². The second-order valence-electron chi connectivity index (χ2n) is 6.00. The van der Waals surface area contributed by atoms with Crippen LogP contribution in [0.25, 0.3) is 0 Å². The SMILES string of the molecule is CN(C(=O)C1CCC(C(F)(F)F)CC1)C(C)(C)CN. The molecule has 1 amide bonds. The summed E-state index contributed by atoms with van der Waals surface area (Å²) >= 11 is 0. The number of nitrogens with two attached hydrogens (primary N) is 1. The van der Waals surface area contributed by atoms with Crippen LogP contribution < -0.4 is 5.73 Å². The first-order valence-electron chi connectivity index (χ1n) is 6.64. The molecule has 0 radical (unpaired) electrons. The molecule has 1 aliphatic rings. The smallest absolute Gasteiger partial charge is 0.339 e. The summed E-state index contributed by atoms with van der Waals surface area (Å²) in [5.41, 5.74) is 5.15. The molecule has 0 aliphatic heterocycles. The Bertz CT molecular complexity index is 320. The number of hydrogen-bond acceptors (Lipinski definition) is 2. The molecule has 1 rings (SSSR count). The summed E-state index contributed by atoms with van der Waals surface area (Å²) in [7, 11) is 1.67. The maximum Gasteiger partial charge on any atom is 0.391 e. The summed E-state index contributed by atoms with van der Waals surface area (Å²) < 4.78 is 37.7. The molecule has 0 aromatic carbocycles. The van der Waals surface area contributed by atoms with Gasteiger partial charge in [0.2, 0.25) is 5.91 Å². The third-order valence-electron chi connectivity index (χ3n) is 4.28. The summed E-state index contributed by atoms with van der Waals surface area (Å²) in [6.07, 6.45) is -3.40.